The molecule has 142 valence electrons. The maximum absolute atomic E-state index is 13.3. The Balaban J connectivity index is 2.07. The van der Waals surface area contributed by atoms with E-state index in [9.17, 15) is 14.0 Å². The third kappa shape index (κ3) is 5.14. The molecule has 1 heterocycles. The summed E-state index contributed by atoms with van der Waals surface area (Å²) in [7, 11) is 0. The molecule has 0 saturated carbocycles. The zero-order valence-electron chi connectivity index (χ0n) is 15.5. The van der Waals surface area contributed by atoms with Gasteiger partial charge in [0.15, 0.2) is 0 Å². The van der Waals surface area contributed by atoms with Crippen molar-refractivity contribution in [3.63, 3.8) is 0 Å². The van der Waals surface area contributed by atoms with E-state index in [2.05, 4.69) is 15.6 Å². The fraction of sp³-hybridized carbons (Fsp3) is 0.500. The first-order valence-electron chi connectivity index (χ1n) is 8.51. The topological polar surface area (TPSA) is 80.3 Å². The van der Waals surface area contributed by atoms with Gasteiger partial charge in [0, 0.05) is 0 Å². The number of aromatic nitrogens is 1. The Labute approximate surface area is 156 Å². The molecule has 1 unspecified atom stereocenters. The number of nitrogens with one attached hydrogen (secondary N) is 2. The van der Waals surface area contributed by atoms with Gasteiger partial charge in [0.2, 0.25) is 5.91 Å². The number of thiazole rings is 1. The first-order valence-corrected chi connectivity index (χ1v) is 9.32. The summed E-state index contributed by atoms with van der Waals surface area (Å²) in [5.74, 6) is -0.762. The number of hydrogen-bond acceptors (Lipinski definition) is 5. The Morgan fingerprint density at radius 1 is 1.15 bits per heavy atom. The third-order valence-electron chi connectivity index (χ3n) is 3.66. The van der Waals surface area contributed by atoms with Crippen LogP contribution in [0.3, 0.4) is 0 Å². The summed E-state index contributed by atoms with van der Waals surface area (Å²) in [6.07, 6.45) is -0.898. The molecule has 0 aliphatic carbocycles. The summed E-state index contributed by atoms with van der Waals surface area (Å²) in [4.78, 5) is 28.8. The number of fused-ring (bicyclic) bond motifs is 1. The van der Waals surface area contributed by atoms with Crippen LogP contribution in [0.1, 0.15) is 45.7 Å². The van der Waals surface area contributed by atoms with Crippen molar-refractivity contribution >= 4 is 33.6 Å². The number of halogens is 1. The molecule has 2 N–H and O–H groups in total. The highest BCUT2D eigenvalue weighted by atomic mass is 32.1. The zero-order valence-corrected chi connectivity index (χ0v) is 16.3. The lowest BCUT2D eigenvalue weighted by Crippen LogP contribution is -2.50. The van der Waals surface area contributed by atoms with Gasteiger partial charge in [0.1, 0.15) is 16.9 Å². The highest BCUT2D eigenvalue weighted by Gasteiger charge is 2.27. The summed E-state index contributed by atoms with van der Waals surface area (Å²) in [5.41, 5.74) is 0.687. The minimum absolute atomic E-state index is 0.119. The van der Waals surface area contributed by atoms with Gasteiger partial charge in [0.25, 0.3) is 0 Å². The minimum Gasteiger partial charge on any atom is -0.447 e. The number of amides is 2. The van der Waals surface area contributed by atoms with E-state index in [1.165, 1.54) is 23.5 Å². The number of nitrogens with zero attached hydrogens (tertiary/aromatic N) is 1. The third-order valence-corrected chi connectivity index (χ3v) is 4.86. The average molecular weight is 381 g/mol. The lowest BCUT2D eigenvalue weighted by molar-refractivity contribution is -0.124. The van der Waals surface area contributed by atoms with E-state index >= 15 is 0 Å². The van der Waals surface area contributed by atoms with Crippen LogP contribution >= 0.6 is 11.3 Å². The van der Waals surface area contributed by atoms with Gasteiger partial charge in [-0.3, -0.25) is 4.79 Å². The van der Waals surface area contributed by atoms with Crippen LogP contribution in [0, 0.1) is 11.7 Å². The van der Waals surface area contributed by atoms with E-state index in [4.69, 9.17) is 4.74 Å². The standard InChI is InChI=1S/C18H24FN3O3S/c1-9(2)15(22-18(24)25-10(3)4)16(23)20-11(5)17-21-13-7-6-12(19)8-14(13)26-17/h6-11,15H,1-5H3,(H,20,23)(H,22,24)/t11?,15-/m0/s1. The Kier molecular flexibility index (Phi) is 6.52. The number of benzene rings is 1. The largest absolute Gasteiger partial charge is 0.447 e. The van der Waals surface area contributed by atoms with E-state index in [-0.39, 0.29) is 29.8 Å². The molecule has 0 aliphatic heterocycles. The lowest BCUT2D eigenvalue weighted by atomic mass is 10.0. The van der Waals surface area contributed by atoms with E-state index in [0.717, 1.165) is 4.70 Å². The highest BCUT2D eigenvalue weighted by molar-refractivity contribution is 7.18. The summed E-state index contributed by atoms with van der Waals surface area (Å²) < 4.78 is 19.1. The molecule has 0 aliphatic rings. The summed E-state index contributed by atoms with van der Waals surface area (Å²) in [6, 6.07) is 3.29. The van der Waals surface area contributed by atoms with Crippen molar-refractivity contribution in [2.24, 2.45) is 5.92 Å². The Hall–Kier alpha value is -2.22. The predicted octanol–water partition coefficient (Wildman–Crippen LogP) is 3.77. The van der Waals surface area contributed by atoms with Crippen LogP contribution in [0.5, 0.6) is 0 Å². The number of hydrogen-bond donors (Lipinski definition) is 2. The summed E-state index contributed by atoms with van der Waals surface area (Å²) >= 11 is 1.33. The van der Waals surface area contributed by atoms with Crippen LogP contribution in [0.25, 0.3) is 10.2 Å². The molecule has 1 aromatic carbocycles. The van der Waals surface area contributed by atoms with Crippen LogP contribution in [0.2, 0.25) is 0 Å². The van der Waals surface area contributed by atoms with Crippen molar-refractivity contribution < 1.29 is 18.7 Å². The van der Waals surface area contributed by atoms with Gasteiger partial charge in [-0.25, -0.2) is 14.2 Å². The molecular formula is C18H24FN3O3S. The molecule has 0 radical (unpaired) electrons. The monoisotopic (exact) mass is 381 g/mol. The van der Waals surface area contributed by atoms with E-state index in [0.29, 0.717) is 10.5 Å². The Morgan fingerprint density at radius 3 is 2.46 bits per heavy atom. The van der Waals surface area contributed by atoms with E-state index in [1.54, 1.807) is 26.8 Å². The van der Waals surface area contributed by atoms with Crippen LogP contribution in [0.15, 0.2) is 18.2 Å². The molecule has 0 spiro atoms. The predicted molar refractivity (Wildman–Crippen MR) is 99.5 cm³/mol. The first-order chi connectivity index (χ1) is 12.2. The molecular weight excluding hydrogens is 357 g/mol. The average Bonchev–Trinajstić information content (AvgIpc) is 2.94. The summed E-state index contributed by atoms with van der Waals surface area (Å²) in [5, 5.41) is 6.13. The number of ether oxygens (including phenoxy) is 1. The molecule has 0 bridgehead atoms. The Bertz CT molecular complexity index is 791. The maximum atomic E-state index is 13.3. The number of rotatable bonds is 6. The number of carbonyl (C=O) groups excluding carboxylic acids is 2. The van der Waals surface area contributed by atoms with Gasteiger partial charge in [-0.2, -0.15) is 0 Å². The lowest BCUT2D eigenvalue weighted by Gasteiger charge is -2.23. The molecule has 1 aromatic heterocycles. The number of alkyl carbamates (subject to hydrolysis) is 1. The number of carbonyl (C=O) groups is 2. The van der Waals surface area contributed by atoms with Crippen molar-refractivity contribution in [3.05, 3.63) is 29.0 Å². The fourth-order valence-electron chi connectivity index (χ4n) is 2.38. The van der Waals surface area contributed by atoms with Crippen LogP contribution in [-0.4, -0.2) is 29.1 Å². The van der Waals surface area contributed by atoms with Crippen molar-refractivity contribution in [2.75, 3.05) is 0 Å². The van der Waals surface area contributed by atoms with Gasteiger partial charge >= 0.3 is 6.09 Å². The first kappa shape index (κ1) is 20.1. The molecule has 2 rings (SSSR count). The van der Waals surface area contributed by atoms with Gasteiger partial charge in [-0.15, -0.1) is 11.3 Å². The van der Waals surface area contributed by atoms with Crippen molar-refractivity contribution in [3.8, 4) is 0 Å². The molecule has 2 aromatic rings. The highest BCUT2D eigenvalue weighted by Crippen LogP contribution is 2.27. The normalized spacial score (nSPS) is 13.7. The minimum atomic E-state index is -0.726. The smallest absolute Gasteiger partial charge is 0.408 e. The van der Waals surface area contributed by atoms with Gasteiger partial charge in [-0.1, -0.05) is 13.8 Å². The second-order valence-electron chi connectivity index (χ2n) is 6.71. The molecule has 0 saturated heterocycles. The summed E-state index contributed by atoms with van der Waals surface area (Å²) in [6.45, 7) is 8.95. The quantitative estimate of drug-likeness (QED) is 0.798. The second kappa shape index (κ2) is 8.44. The van der Waals surface area contributed by atoms with Crippen molar-refractivity contribution in [1.29, 1.82) is 0 Å². The zero-order chi connectivity index (χ0) is 19.4. The van der Waals surface area contributed by atoms with Gasteiger partial charge in [-0.05, 0) is 44.9 Å². The van der Waals surface area contributed by atoms with Crippen molar-refractivity contribution in [2.45, 2.75) is 52.8 Å². The van der Waals surface area contributed by atoms with Crippen molar-refractivity contribution in [1.82, 2.24) is 15.6 Å². The fourth-order valence-corrected chi connectivity index (χ4v) is 3.37. The SMILES string of the molecule is CC(C)OC(=O)N[C@H](C(=O)NC(C)c1nc2ccc(F)cc2s1)C(C)C. The molecule has 6 nitrogen and oxygen atoms in total. The Morgan fingerprint density at radius 2 is 1.85 bits per heavy atom. The van der Waals surface area contributed by atoms with E-state index < -0.39 is 12.1 Å². The molecule has 0 fully saturated rings. The molecule has 8 heteroatoms. The molecule has 2 atom stereocenters. The maximum Gasteiger partial charge on any atom is 0.408 e. The van der Waals surface area contributed by atoms with E-state index in [1.807, 2.05) is 13.8 Å². The van der Waals surface area contributed by atoms with Gasteiger partial charge in [0.05, 0.1) is 22.4 Å². The molecule has 2 amide bonds. The van der Waals surface area contributed by atoms with Crippen LogP contribution < -0.4 is 10.6 Å². The second-order valence-corrected chi connectivity index (χ2v) is 7.78. The molecule has 26 heavy (non-hydrogen) atoms. The van der Waals surface area contributed by atoms with Crippen LogP contribution in [0.4, 0.5) is 9.18 Å². The van der Waals surface area contributed by atoms with Gasteiger partial charge < -0.3 is 15.4 Å². The van der Waals surface area contributed by atoms with Crippen LogP contribution in [-0.2, 0) is 9.53 Å².